The van der Waals surface area contributed by atoms with Crippen LogP contribution >= 0.6 is 34.7 Å². The Labute approximate surface area is 187 Å². The topological polar surface area (TPSA) is 73.1 Å². The van der Waals surface area contributed by atoms with Crippen molar-refractivity contribution in [2.75, 3.05) is 11.9 Å². The van der Waals surface area contributed by atoms with Crippen LogP contribution in [0.25, 0.3) is 0 Å². The normalized spacial score (nSPS) is 10.9. The lowest BCUT2D eigenvalue weighted by Gasteiger charge is -2.05. The maximum Gasteiger partial charge on any atom is 0.276 e. The lowest BCUT2D eigenvalue weighted by molar-refractivity contribution is 0.340. The zero-order valence-corrected chi connectivity index (χ0v) is 18.6. The molecule has 2 aromatic heterocycles. The molecule has 0 amide bonds. The van der Waals surface area contributed by atoms with Crippen molar-refractivity contribution in [1.82, 2.24) is 15.2 Å². The Morgan fingerprint density at radius 3 is 2.67 bits per heavy atom. The molecule has 1 N–H and O–H groups in total. The van der Waals surface area contributed by atoms with E-state index in [1.807, 2.05) is 60.8 Å². The second-order valence-electron chi connectivity index (χ2n) is 6.28. The van der Waals surface area contributed by atoms with Crippen molar-refractivity contribution in [3.63, 3.8) is 0 Å². The molecule has 0 unspecified atom stereocenters. The summed E-state index contributed by atoms with van der Waals surface area (Å²) in [5, 5.41) is 15.6. The number of benzene rings is 2. The van der Waals surface area contributed by atoms with E-state index in [-0.39, 0.29) is 0 Å². The summed E-state index contributed by atoms with van der Waals surface area (Å²) in [4.78, 5) is 4.60. The van der Waals surface area contributed by atoms with Crippen LogP contribution in [-0.2, 0) is 12.2 Å². The van der Waals surface area contributed by atoms with Crippen LogP contribution < -0.4 is 10.1 Å². The minimum Gasteiger partial charge on any atom is -0.494 e. The van der Waals surface area contributed by atoms with Gasteiger partial charge < -0.3 is 14.5 Å². The summed E-state index contributed by atoms with van der Waals surface area (Å²) in [5.41, 5.74) is 2.98. The van der Waals surface area contributed by atoms with E-state index in [1.54, 1.807) is 0 Å². The molecule has 154 valence electrons. The van der Waals surface area contributed by atoms with Gasteiger partial charge >= 0.3 is 0 Å². The molecular weight excluding hydrogens is 440 g/mol. The summed E-state index contributed by atoms with van der Waals surface area (Å²) >= 11 is 8.94. The number of rotatable bonds is 9. The van der Waals surface area contributed by atoms with Gasteiger partial charge in [0.15, 0.2) is 5.13 Å². The fraction of sp³-hybridized carbons (Fsp3) is 0.190. The van der Waals surface area contributed by atoms with Gasteiger partial charge in [0.25, 0.3) is 5.22 Å². The smallest absolute Gasteiger partial charge is 0.276 e. The van der Waals surface area contributed by atoms with Crippen molar-refractivity contribution >= 4 is 45.5 Å². The SMILES string of the molecule is CCOc1ccc(Nc2nc(Cc3nnc(SCc4ccc(Cl)cc4)o3)cs2)cc1. The Kier molecular flexibility index (Phi) is 6.88. The average molecular weight is 459 g/mol. The summed E-state index contributed by atoms with van der Waals surface area (Å²) in [5.74, 6) is 2.14. The summed E-state index contributed by atoms with van der Waals surface area (Å²) in [6, 6.07) is 15.5. The minimum atomic E-state index is 0.496. The standard InChI is InChI=1S/C21H19ClN4O2S2/c1-2-27-18-9-7-16(8-10-18)23-20-24-17(13-29-20)11-19-25-26-21(28-19)30-12-14-3-5-15(22)6-4-14/h3-10,13H,2,11-12H2,1H3,(H,23,24). The summed E-state index contributed by atoms with van der Waals surface area (Å²) in [6.45, 7) is 2.62. The van der Waals surface area contributed by atoms with Gasteiger partial charge in [-0.1, -0.05) is 35.5 Å². The van der Waals surface area contributed by atoms with E-state index in [2.05, 4.69) is 20.5 Å². The molecule has 30 heavy (non-hydrogen) atoms. The molecule has 0 aliphatic heterocycles. The first kappa shape index (κ1) is 20.7. The first-order chi connectivity index (χ1) is 14.7. The molecule has 0 spiro atoms. The molecule has 9 heteroatoms. The van der Waals surface area contributed by atoms with Gasteiger partial charge in [-0.15, -0.1) is 21.5 Å². The number of thiazole rings is 1. The van der Waals surface area contributed by atoms with E-state index in [9.17, 15) is 0 Å². The fourth-order valence-electron chi connectivity index (χ4n) is 2.62. The van der Waals surface area contributed by atoms with Crippen LogP contribution in [0.15, 0.2) is 63.6 Å². The van der Waals surface area contributed by atoms with Crippen molar-refractivity contribution in [2.24, 2.45) is 0 Å². The largest absolute Gasteiger partial charge is 0.494 e. The van der Waals surface area contributed by atoms with E-state index in [0.29, 0.717) is 24.1 Å². The molecule has 0 radical (unpaired) electrons. The Hall–Kier alpha value is -2.55. The van der Waals surface area contributed by atoms with Gasteiger partial charge in [-0.05, 0) is 48.9 Å². The molecule has 0 atom stereocenters. The number of aromatic nitrogens is 3. The van der Waals surface area contributed by atoms with Crippen LogP contribution in [-0.4, -0.2) is 21.8 Å². The van der Waals surface area contributed by atoms with Gasteiger partial charge in [-0.3, -0.25) is 0 Å². The molecule has 0 aliphatic rings. The Balaban J connectivity index is 1.31. The third kappa shape index (κ3) is 5.75. The summed E-state index contributed by atoms with van der Waals surface area (Å²) in [7, 11) is 0. The summed E-state index contributed by atoms with van der Waals surface area (Å²) < 4.78 is 11.2. The van der Waals surface area contributed by atoms with Crippen molar-refractivity contribution in [3.8, 4) is 5.75 Å². The van der Waals surface area contributed by atoms with E-state index in [1.165, 1.54) is 23.1 Å². The molecule has 0 saturated heterocycles. The van der Waals surface area contributed by atoms with E-state index in [0.717, 1.165) is 38.6 Å². The first-order valence-electron chi connectivity index (χ1n) is 9.32. The number of ether oxygens (including phenoxy) is 1. The number of thioether (sulfide) groups is 1. The van der Waals surface area contributed by atoms with Crippen LogP contribution in [0, 0.1) is 0 Å². The number of nitrogens with zero attached hydrogens (tertiary/aromatic N) is 3. The molecule has 0 aliphatic carbocycles. The van der Waals surface area contributed by atoms with Crippen molar-refractivity contribution in [2.45, 2.75) is 24.3 Å². The van der Waals surface area contributed by atoms with Gasteiger partial charge in [-0.25, -0.2) is 4.98 Å². The van der Waals surface area contributed by atoms with Crippen LogP contribution in [0.4, 0.5) is 10.8 Å². The van der Waals surface area contributed by atoms with Crippen molar-refractivity contribution in [3.05, 3.63) is 76.1 Å². The Morgan fingerprint density at radius 2 is 1.90 bits per heavy atom. The molecule has 2 heterocycles. The highest BCUT2D eigenvalue weighted by atomic mass is 35.5. The van der Waals surface area contributed by atoms with E-state index >= 15 is 0 Å². The fourth-order valence-corrected chi connectivity index (χ4v) is 4.21. The highest BCUT2D eigenvalue weighted by Crippen LogP contribution is 2.26. The second kappa shape index (κ2) is 9.97. The van der Waals surface area contributed by atoms with Gasteiger partial charge in [0.1, 0.15) is 5.75 Å². The first-order valence-corrected chi connectivity index (χ1v) is 11.6. The third-order valence-corrected chi connectivity index (χ3v) is 5.97. The van der Waals surface area contributed by atoms with E-state index < -0.39 is 0 Å². The van der Waals surface area contributed by atoms with Crippen molar-refractivity contribution in [1.29, 1.82) is 0 Å². The predicted molar refractivity (Wildman–Crippen MR) is 121 cm³/mol. The number of hydrogen-bond acceptors (Lipinski definition) is 8. The molecule has 6 nitrogen and oxygen atoms in total. The number of nitrogens with one attached hydrogen (secondary N) is 1. The van der Waals surface area contributed by atoms with E-state index in [4.69, 9.17) is 20.8 Å². The maximum atomic E-state index is 5.91. The maximum absolute atomic E-state index is 5.91. The predicted octanol–water partition coefficient (Wildman–Crippen LogP) is 6.20. The number of hydrogen-bond donors (Lipinski definition) is 1. The monoisotopic (exact) mass is 458 g/mol. The third-order valence-electron chi connectivity index (χ3n) is 4.02. The van der Waals surface area contributed by atoms with Gasteiger partial charge in [0.05, 0.1) is 18.7 Å². The number of anilines is 2. The Bertz CT molecular complexity index is 1080. The van der Waals surface area contributed by atoms with Crippen LogP contribution in [0.1, 0.15) is 24.1 Å². The minimum absolute atomic E-state index is 0.496. The molecule has 0 fully saturated rings. The molecule has 0 bridgehead atoms. The average Bonchev–Trinajstić information content (AvgIpc) is 3.39. The lowest BCUT2D eigenvalue weighted by Crippen LogP contribution is -1.94. The van der Waals surface area contributed by atoms with Gasteiger partial charge in [0, 0.05) is 21.8 Å². The molecule has 2 aromatic carbocycles. The number of halogens is 1. The second-order valence-corrected chi connectivity index (χ2v) is 8.50. The van der Waals surface area contributed by atoms with Gasteiger partial charge in [-0.2, -0.15) is 0 Å². The highest BCUT2D eigenvalue weighted by Gasteiger charge is 2.11. The molecular formula is C21H19ClN4O2S2. The summed E-state index contributed by atoms with van der Waals surface area (Å²) in [6.07, 6.45) is 0.496. The zero-order valence-electron chi connectivity index (χ0n) is 16.2. The van der Waals surface area contributed by atoms with Crippen LogP contribution in [0.5, 0.6) is 5.75 Å². The van der Waals surface area contributed by atoms with Gasteiger partial charge in [0.2, 0.25) is 5.89 Å². The molecule has 0 saturated carbocycles. The lowest BCUT2D eigenvalue weighted by atomic mass is 10.2. The molecule has 4 rings (SSSR count). The quantitative estimate of drug-likeness (QED) is 0.299. The van der Waals surface area contributed by atoms with Crippen LogP contribution in [0.2, 0.25) is 5.02 Å². The zero-order chi connectivity index (χ0) is 20.8. The highest BCUT2D eigenvalue weighted by molar-refractivity contribution is 7.98. The van der Waals surface area contributed by atoms with Crippen molar-refractivity contribution < 1.29 is 9.15 Å². The van der Waals surface area contributed by atoms with Crippen LogP contribution in [0.3, 0.4) is 0 Å². The Morgan fingerprint density at radius 1 is 1.10 bits per heavy atom. The molecule has 4 aromatic rings.